The van der Waals surface area contributed by atoms with Gasteiger partial charge in [-0.25, -0.2) is 0 Å². The Bertz CT molecular complexity index is 517. The second kappa shape index (κ2) is 6.78. The molecule has 0 radical (unpaired) electrons. The minimum absolute atomic E-state index is 0.120. The first-order chi connectivity index (χ1) is 8.13. The van der Waals surface area contributed by atoms with Crippen LogP contribution in [-0.2, 0) is 4.79 Å². The van der Waals surface area contributed by atoms with Crippen LogP contribution in [0.3, 0.4) is 0 Å². The van der Waals surface area contributed by atoms with Gasteiger partial charge in [-0.2, -0.15) is 5.26 Å². The molecule has 0 saturated heterocycles. The molecule has 0 bridgehead atoms. The van der Waals surface area contributed by atoms with Crippen molar-refractivity contribution in [2.24, 2.45) is 0 Å². The summed E-state index contributed by atoms with van der Waals surface area (Å²) in [5.41, 5.74) is 2.57. The lowest BCUT2D eigenvalue weighted by Crippen LogP contribution is -1.86. The molecule has 0 aliphatic heterocycles. The standard InChI is InChI=1S/C14H13NOS/c1-11-6-7-13(10-15)9-14(11)5-3-4-8-17-12(2)16/h6-7,9H,4,8H2,1-2H3. The molecule has 0 heterocycles. The summed E-state index contributed by atoms with van der Waals surface area (Å²) in [5, 5.41) is 8.90. The number of nitriles is 1. The average molecular weight is 243 g/mol. The molecule has 0 aliphatic carbocycles. The summed E-state index contributed by atoms with van der Waals surface area (Å²) >= 11 is 1.28. The highest BCUT2D eigenvalue weighted by Crippen LogP contribution is 2.09. The van der Waals surface area contributed by atoms with Gasteiger partial charge in [0.25, 0.3) is 0 Å². The maximum absolute atomic E-state index is 10.7. The van der Waals surface area contributed by atoms with Gasteiger partial charge in [0.05, 0.1) is 11.6 Å². The van der Waals surface area contributed by atoms with Crippen LogP contribution in [0.4, 0.5) is 0 Å². The predicted octanol–water partition coefficient (Wildman–Crippen LogP) is 2.89. The maximum Gasteiger partial charge on any atom is 0.185 e. The van der Waals surface area contributed by atoms with E-state index in [-0.39, 0.29) is 5.12 Å². The summed E-state index contributed by atoms with van der Waals surface area (Å²) < 4.78 is 0. The Morgan fingerprint density at radius 2 is 2.24 bits per heavy atom. The van der Waals surface area contributed by atoms with Crippen molar-refractivity contribution >= 4 is 16.9 Å². The summed E-state index contributed by atoms with van der Waals surface area (Å²) in [6, 6.07) is 7.57. The minimum Gasteiger partial charge on any atom is -0.288 e. The van der Waals surface area contributed by atoms with E-state index in [0.29, 0.717) is 12.0 Å². The Balaban J connectivity index is 2.65. The number of rotatable bonds is 2. The molecule has 1 rings (SSSR count). The first kappa shape index (κ1) is 13.4. The molecular weight excluding hydrogens is 230 g/mol. The second-order valence-corrected chi connectivity index (χ2v) is 4.81. The first-order valence-corrected chi connectivity index (χ1v) is 6.25. The fourth-order valence-electron chi connectivity index (χ4n) is 1.23. The van der Waals surface area contributed by atoms with Crippen LogP contribution < -0.4 is 0 Å². The van der Waals surface area contributed by atoms with Crippen LogP contribution in [0.1, 0.15) is 30.0 Å². The molecule has 0 spiro atoms. The van der Waals surface area contributed by atoms with Crippen molar-refractivity contribution in [1.29, 1.82) is 5.26 Å². The zero-order valence-electron chi connectivity index (χ0n) is 9.91. The van der Waals surface area contributed by atoms with E-state index in [9.17, 15) is 4.79 Å². The Morgan fingerprint density at radius 1 is 1.47 bits per heavy atom. The summed E-state index contributed by atoms with van der Waals surface area (Å²) in [6.45, 7) is 3.52. The Kier molecular flexibility index (Phi) is 5.33. The number of nitrogens with zero attached hydrogens (tertiary/aromatic N) is 1. The third kappa shape index (κ3) is 4.76. The van der Waals surface area contributed by atoms with E-state index in [1.54, 1.807) is 19.1 Å². The van der Waals surface area contributed by atoms with Gasteiger partial charge in [-0.15, -0.1) is 0 Å². The Labute approximate surface area is 106 Å². The largest absolute Gasteiger partial charge is 0.288 e. The highest BCUT2D eigenvalue weighted by atomic mass is 32.2. The molecular formula is C14H13NOS. The van der Waals surface area contributed by atoms with E-state index in [0.717, 1.165) is 16.9 Å². The third-order valence-electron chi connectivity index (χ3n) is 2.12. The van der Waals surface area contributed by atoms with E-state index < -0.39 is 0 Å². The Hall–Kier alpha value is -1.71. The fourth-order valence-corrected chi connectivity index (χ4v) is 1.72. The van der Waals surface area contributed by atoms with E-state index in [2.05, 4.69) is 17.9 Å². The van der Waals surface area contributed by atoms with Crippen LogP contribution in [0.15, 0.2) is 18.2 Å². The molecule has 1 aromatic carbocycles. The number of carbonyl (C=O) groups is 1. The van der Waals surface area contributed by atoms with Crippen molar-refractivity contribution in [2.75, 3.05) is 5.75 Å². The molecule has 0 atom stereocenters. The van der Waals surface area contributed by atoms with Crippen LogP contribution in [-0.4, -0.2) is 10.9 Å². The number of aryl methyl sites for hydroxylation is 1. The van der Waals surface area contributed by atoms with Gasteiger partial charge < -0.3 is 0 Å². The first-order valence-electron chi connectivity index (χ1n) is 5.26. The predicted molar refractivity (Wildman–Crippen MR) is 70.5 cm³/mol. The Morgan fingerprint density at radius 3 is 2.88 bits per heavy atom. The van der Waals surface area contributed by atoms with Gasteiger partial charge in [0.15, 0.2) is 5.12 Å². The number of benzene rings is 1. The average Bonchev–Trinajstić information content (AvgIpc) is 2.30. The van der Waals surface area contributed by atoms with Crippen molar-refractivity contribution in [2.45, 2.75) is 20.3 Å². The van der Waals surface area contributed by atoms with Crippen molar-refractivity contribution < 1.29 is 4.79 Å². The second-order valence-electron chi connectivity index (χ2n) is 3.53. The smallest absolute Gasteiger partial charge is 0.185 e. The van der Waals surface area contributed by atoms with Crippen LogP contribution in [0.5, 0.6) is 0 Å². The molecule has 86 valence electrons. The minimum atomic E-state index is 0.120. The number of hydrogen-bond donors (Lipinski definition) is 0. The normalized spacial score (nSPS) is 9.00. The van der Waals surface area contributed by atoms with Crippen LogP contribution >= 0.6 is 11.8 Å². The van der Waals surface area contributed by atoms with Gasteiger partial charge in [0.2, 0.25) is 0 Å². The molecule has 0 aliphatic rings. The fraction of sp³-hybridized carbons (Fsp3) is 0.286. The summed E-state index contributed by atoms with van der Waals surface area (Å²) in [5.74, 6) is 6.77. The van der Waals surface area contributed by atoms with E-state index in [1.807, 2.05) is 13.0 Å². The van der Waals surface area contributed by atoms with Gasteiger partial charge >= 0.3 is 0 Å². The molecule has 3 heteroatoms. The molecule has 0 aromatic heterocycles. The monoisotopic (exact) mass is 243 g/mol. The van der Waals surface area contributed by atoms with Crippen molar-refractivity contribution in [3.63, 3.8) is 0 Å². The van der Waals surface area contributed by atoms with Crippen LogP contribution in [0, 0.1) is 30.1 Å². The molecule has 0 amide bonds. The topological polar surface area (TPSA) is 40.9 Å². The quantitative estimate of drug-likeness (QED) is 0.592. The number of thioether (sulfide) groups is 1. The summed E-state index contributed by atoms with van der Waals surface area (Å²) in [4.78, 5) is 10.7. The van der Waals surface area contributed by atoms with Crippen LogP contribution in [0.2, 0.25) is 0 Å². The van der Waals surface area contributed by atoms with E-state index in [1.165, 1.54) is 11.8 Å². The number of hydrogen-bond acceptors (Lipinski definition) is 3. The highest BCUT2D eigenvalue weighted by Gasteiger charge is 1.96. The number of carbonyl (C=O) groups excluding carboxylic acids is 1. The van der Waals surface area contributed by atoms with Gasteiger partial charge in [0.1, 0.15) is 0 Å². The summed E-state index contributed by atoms with van der Waals surface area (Å²) in [7, 11) is 0. The van der Waals surface area contributed by atoms with Crippen molar-refractivity contribution in [3.8, 4) is 17.9 Å². The molecule has 2 nitrogen and oxygen atoms in total. The molecule has 0 N–H and O–H groups in total. The molecule has 0 unspecified atom stereocenters. The third-order valence-corrected chi connectivity index (χ3v) is 2.94. The van der Waals surface area contributed by atoms with Gasteiger partial charge in [-0.05, 0) is 24.6 Å². The van der Waals surface area contributed by atoms with Crippen molar-refractivity contribution in [3.05, 3.63) is 34.9 Å². The molecule has 0 fully saturated rings. The van der Waals surface area contributed by atoms with Crippen molar-refractivity contribution in [1.82, 2.24) is 0 Å². The zero-order valence-corrected chi connectivity index (χ0v) is 10.7. The van der Waals surface area contributed by atoms with Crippen LogP contribution in [0.25, 0.3) is 0 Å². The zero-order chi connectivity index (χ0) is 12.7. The van der Waals surface area contributed by atoms with E-state index >= 15 is 0 Å². The SMILES string of the molecule is CC(=O)SCCC#Cc1cc(C#N)ccc1C. The molecule has 1 aromatic rings. The van der Waals surface area contributed by atoms with Gasteiger partial charge in [-0.1, -0.05) is 29.7 Å². The lowest BCUT2D eigenvalue weighted by molar-refractivity contribution is -0.109. The molecule has 0 saturated carbocycles. The van der Waals surface area contributed by atoms with Gasteiger partial charge in [0, 0.05) is 24.7 Å². The van der Waals surface area contributed by atoms with E-state index in [4.69, 9.17) is 5.26 Å². The lowest BCUT2D eigenvalue weighted by Gasteiger charge is -1.97. The summed E-state index contributed by atoms with van der Waals surface area (Å²) in [6.07, 6.45) is 0.681. The highest BCUT2D eigenvalue weighted by molar-refractivity contribution is 8.13. The maximum atomic E-state index is 10.7. The van der Waals surface area contributed by atoms with Gasteiger partial charge in [-0.3, -0.25) is 4.79 Å². The lowest BCUT2D eigenvalue weighted by atomic mass is 10.1. The molecule has 17 heavy (non-hydrogen) atoms.